The molecule has 1 atom stereocenters. The second-order valence-electron chi connectivity index (χ2n) is 3.97. The molecule has 0 saturated carbocycles. The van der Waals surface area contributed by atoms with Gasteiger partial charge in [0.25, 0.3) is 0 Å². The normalized spacial score (nSPS) is 13.8. The van der Waals surface area contributed by atoms with Crippen LogP contribution < -0.4 is 5.73 Å². The van der Waals surface area contributed by atoms with Crippen molar-refractivity contribution in [2.24, 2.45) is 5.73 Å². The zero-order valence-electron chi connectivity index (χ0n) is 8.18. The van der Waals surface area contributed by atoms with Gasteiger partial charge in [0.05, 0.1) is 0 Å². The fraction of sp³-hybridized carbons (Fsp3) is 1.00. The molecule has 0 fully saturated rings. The van der Waals surface area contributed by atoms with Crippen LogP contribution in [0.2, 0.25) is 32.2 Å². The highest BCUT2D eigenvalue weighted by molar-refractivity contribution is 6.77. The summed E-state index contributed by atoms with van der Waals surface area (Å²) in [5.41, 5.74) is 5.42. The predicted octanol–water partition coefficient (Wildman–Crippen LogP) is 0.0887. The first-order valence-corrected chi connectivity index (χ1v) is 10.2. The second kappa shape index (κ2) is 7.02. The molecular formula is C7H25NOSi3. The second-order valence-corrected chi connectivity index (χ2v) is 11.3. The van der Waals surface area contributed by atoms with Crippen LogP contribution >= 0.6 is 0 Å². The molecule has 2 nitrogen and oxygen atoms in total. The van der Waals surface area contributed by atoms with E-state index in [0.717, 1.165) is 13.0 Å². The third-order valence-corrected chi connectivity index (χ3v) is 7.03. The van der Waals surface area contributed by atoms with Gasteiger partial charge in [0, 0.05) is 0 Å². The number of hydrogen-bond acceptors (Lipinski definition) is 2. The highest BCUT2D eigenvalue weighted by Gasteiger charge is 2.17. The van der Waals surface area contributed by atoms with Crippen LogP contribution in [0.1, 0.15) is 6.42 Å². The largest absolute Gasteiger partial charge is 0.458 e. The molecule has 0 amide bonds. The van der Waals surface area contributed by atoms with Crippen LogP contribution in [0.4, 0.5) is 0 Å². The van der Waals surface area contributed by atoms with Gasteiger partial charge in [-0.2, -0.15) is 0 Å². The molecule has 0 bridgehead atoms. The third kappa shape index (κ3) is 10.6. The summed E-state index contributed by atoms with van der Waals surface area (Å²) in [5, 5.41) is 0. The lowest BCUT2D eigenvalue weighted by molar-refractivity contribution is 0.570. The van der Waals surface area contributed by atoms with E-state index in [2.05, 4.69) is 26.2 Å². The van der Waals surface area contributed by atoms with E-state index in [4.69, 9.17) is 9.85 Å². The van der Waals surface area contributed by atoms with E-state index in [1.54, 1.807) is 0 Å². The Hall–Kier alpha value is 0.571. The number of nitrogens with two attached hydrogens (primary N) is 1. The molecule has 1 unspecified atom stereocenters. The maximum absolute atomic E-state index is 5.96. The van der Waals surface area contributed by atoms with Crippen LogP contribution in [0, 0.1) is 0 Å². The van der Waals surface area contributed by atoms with Gasteiger partial charge >= 0.3 is 0 Å². The molecule has 0 aliphatic carbocycles. The van der Waals surface area contributed by atoms with Crippen LogP contribution in [0.25, 0.3) is 0 Å². The monoisotopic (exact) mass is 223 g/mol. The van der Waals surface area contributed by atoms with Gasteiger partial charge < -0.3 is 9.85 Å². The molecular weight excluding hydrogens is 198 g/mol. The Morgan fingerprint density at radius 3 is 2.17 bits per heavy atom. The minimum absolute atomic E-state index is 0. The molecule has 0 rings (SSSR count). The maximum atomic E-state index is 5.96. The van der Waals surface area contributed by atoms with Crippen LogP contribution in [-0.2, 0) is 4.12 Å². The van der Waals surface area contributed by atoms with Crippen molar-refractivity contribution in [3.63, 3.8) is 0 Å². The molecule has 0 radical (unpaired) electrons. The van der Waals surface area contributed by atoms with Gasteiger partial charge in [-0.3, -0.25) is 0 Å². The first-order valence-electron chi connectivity index (χ1n) is 4.33. The summed E-state index contributed by atoms with van der Waals surface area (Å²) >= 11 is 0. The summed E-state index contributed by atoms with van der Waals surface area (Å²) < 4.78 is 5.96. The smallest absolute Gasteiger partial charge is 0.170 e. The van der Waals surface area contributed by atoms with E-state index in [-0.39, 0.29) is 11.0 Å². The minimum Gasteiger partial charge on any atom is -0.458 e. The number of hydrogen-bond donors (Lipinski definition) is 1. The highest BCUT2D eigenvalue weighted by Crippen LogP contribution is 2.08. The average Bonchev–Trinajstić information content (AvgIpc) is 1.79. The lowest BCUT2D eigenvalue weighted by Gasteiger charge is -2.22. The zero-order valence-corrected chi connectivity index (χ0v) is 10.3. The Morgan fingerprint density at radius 2 is 1.83 bits per heavy atom. The van der Waals surface area contributed by atoms with Crippen molar-refractivity contribution in [3.05, 3.63) is 0 Å². The molecule has 5 heteroatoms. The Bertz CT molecular complexity index is 105. The molecule has 0 aliphatic rings. The van der Waals surface area contributed by atoms with Gasteiger partial charge in [0.2, 0.25) is 0 Å². The summed E-state index contributed by atoms with van der Waals surface area (Å²) in [6.07, 6.45) is 1.14. The van der Waals surface area contributed by atoms with E-state index in [1.165, 1.54) is 6.04 Å². The molecule has 0 saturated heterocycles. The van der Waals surface area contributed by atoms with E-state index in [9.17, 15) is 0 Å². The quantitative estimate of drug-likeness (QED) is 0.671. The Morgan fingerprint density at radius 1 is 1.33 bits per heavy atom. The topological polar surface area (TPSA) is 35.2 Å². The highest BCUT2D eigenvalue weighted by atomic mass is 28.4. The van der Waals surface area contributed by atoms with Crippen molar-refractivity contribution in [3.8, 4) is 0 Å². The molecule has 0 aromatic carbocycles. The zero-order chi connectivity index (χ0) is 8.91. The van der Waals surface area contributed by atoms with E-state index in [0.29, 0.717) is 0 Å². The van der Waals surface area contributed by atoms with Gasteiger partial charge in [-0.15, -0.1) is 0 Å². The maximum Gasteiger partial charge on any atom is 0.170 e. The van der Waals surface area contributed by atoms with Gasteiger partial charge in [0.15, 0.2) is 17.4 Å². The first kappa shape index (κ1) is 15.1. The van der Waals surface area contributed by atoms with E-state index >= 15 is 0 Å². The van der Waals surface area contributed by atoms with Crippen LogP contribution in [0.15, 0.2) is 0 Å². The van der Waals surface area contributed by atoms with Crippen molar-refractivity contribution >= 4 is 28.3 Å². The third-order valence-electron chi connectivity index (χ3n) is 1.37. The van der Waals surface area contributed by atoms with Crippen molar-refractivity contribution in [1.82, 2.24) is 0 Å². The summed E-state index contributed by atoms with van der Waals surface area (Å²) in [6, 6.07) is 1.24. The SMILES string of the molecule is C[SiH](CCCN)O[Si](C)(C)C.[SiH4]. The van der Waals surface area contributed by atoms with E-state index < -0.39 is 17.4 Å². The molecule has 12 heavy (non-hydrogen) atoms. The van der Waals surface area contributed by atoms with E-state index in [1.807, 2.05) is 0 Å². The van der Waals surface area contributed by atoms with Crippen molar-refractivity contribution in [1.29, 1.82) is 0 Å². The molecule has 2 N–H and O–H groups in total. The lowest BCUT2D eigenvalue weighted by Crippen LogP contribution is -2.33. The summed E-state index contributed by atoms with van der Waals surface area (Å²) in [5.74, 6) is 0. The average molecular weight is 224 g/mol. The number of rotatable bonds is 5. The molecule has 0 aromatic rings. The van der Waals surface area contributed by atoms with Crippen LogP contribution in [0.5, 0.6) is 0 Å². The Kier molecular flexibility index (Phi) is 8.81. The molecule has 0 heterocycles. The van der Waals surface area contributed by atoms with Gasteiger partial charge in [0.1, 0.15) is 0 Å². The predicted molar refractivity (Wildman–Crippen MR) is 67.3 cm³/mol. The Labute approximate surface area is 83.8 Å². The van der Waals surface area contributed by atoms with Crippen molar-refractivity contribution in [2.75, 3.05) is 6.54 Å². The summed E-state index contributed by atoms with van der Waals surface area (Å²) in [4.78, 5) is 0. The van der Waals surface area contributed by atoms with Crippen molar-refractivity contribution in [2.45, 2.75) is 38.7 Å². The fourth-order valence-electron chi connectivity index (χ4n) is 1.07. The summed E-state index contributed by atoms with van der Waals surface area (Å²) in [7, 11) is -2.11. The van der Waals surface area contributed by atoms with Crippen LogP contribution in [0.3, 0.4) is 0 Å². The molecule has 0 aliphatic heterocycles. The summed E-state index contributed by atoms with van der Waals surface area (Å²) in [6.45, 7) is 9.83. The lowest BCUT2D eigenvalue weighted by atomic mass is 10.5. The van der Waals surface area contributed by atoms with Gasteiger partial charge in [-0.05, 0) is 56.2 Å². The molecule has 0 spiro atoms. The minimum atomic E-state index is -1.25. The standard InChI is InChI=1S/C7H21NOSi2.H4Si/c1-10(7-5-6-8)9-11(2,3)4;/h10H,5-8H2,1-4H3;1H4. The fourth-order valence-corrected chi connectivity index (χ4v) is 7.18. The van der Waals surface area contributed by atoms with Crippen LogP contribution in [-0.4, -0.2) is 34.9 Å². The first-order chi connectivity index (χ1) is 4.95. The molecule has 76 valence electrons. The Balaban J connectivity index is 0. The van der Waals surface area contributed by atoms with Crippen molar-refractivity contribution < 1.29 is 4.12 Å². The van der Waals surface area contributed by atoms with Gasteiger partial charge in [-0.1, -0.05) is 0 Å². The van der Waals surface area contributed by atoms with Gasteiger partial charge in [-0.25, -0.2) is 0 Å². The molecule has 0 aromatic heterocycles.